The van der Waals surface area contributed by atoms with Crippen molar-refractivity contribution in [3.8, 4) is 29.5 Å². The molecule has 0 bridgehead atoms. The van der Waals surface area contributed by atoms with E-state index in [1.165, 1.54) is 0 Å². The molecule has 0 aliphatic carbocycles. The summed E-state index contributed by atoms with van der Waals surface area (Å²) in [5, 5.41) is 30.9. The normalized spacial score (nSPS) is 9.54. The molecular weight excluding hydrogens is 298 g/mol. The largest absolute Gasteiger partial charge is 0.355 e. The first-order valence-corrected chi connectivity index (χ1v) is 7.15. The summed E-state index contributed by atoms with van der Waals surface area (Å²) in [6.45, 7) is 0. The zero-order valence-corrected chi connectivity index (χ0v) is 12.5. The number of hydrogen-bond donors (Lipinski definition) is 2. The number of allylic oxidation sites excluding steroid dienone is 2. The molecule has 1 heterocycles. The van der Waals surface area contributed by atoms with Crippen molar-refractivity contribution in [2.75, 3.05) is 5.32 Å². The van der Waals surface area contributed by atoms with E-state index in [4.69, 9.17) is 15.8 Å². The Kier molecular flexibility index (Phi) is 3.98. The molecule has 0 unspecified atom stereocenters. The molecule has 0 saturated heterocycles. The minimum Gasteiger partial charge on any atom is -0.355 e. The van der Waals surface area contributed by atoms with Crippen molar-refractivity contribution in [1.29, 1.82) is 15.8 Å². The number of aromatic amines is 1. The summed E-state index contributed by atoms with van der Waals surface area (Å²) in [4.78, 5) is 3.34. The van der Waals surface area contributed by atoms with Crippen LogP contribution in [-0.2, 0) is 0 Å². The third-order valence-electron chi connectivity index (χ3n) is 3.56. The third-order valence-corrected chi connectivity index (χ3v) is 3.56. The Labute approximate surface area is 138 Å². The molecule has 0 fully saturated rings. The predicted octanol–water partition coefficient (Wildman–Crippen LogP) is 4.07. The maximum Gasteiger partial charge on any atom is 0.163 e. The second kappa shape index (κ2) is 6.40. The Morgan fingerprint density at radius 2 is 1.67 bits per heavy atom. The van der Waals surface area contributed by atoms with Crippen LogP contribution in [0.5, 0.6) is 0 Å². The number of nitriles is 3. The summed E-state index contributed by atoms with van der Waals surface area (Å²) in [5.41, 5.74) is 3.25. The molecule has 0 aliphatic heterocycles. The van der Waals surface area contributed by atoms with E-state index < -0.39 is 0 Å². The summed E-state index contributed by atoms with van der Waals surface area (Å²) in [7, 11) is 0. The van der Waals surface area contributed by atoms with Crippen molar-refractivity contribution in [2.24, 2.45) is 0 Å². The Bertz CT molecular complexity index is 1020. The first kappa shape index (κ1) is 14.9. The minimum absolute atomic E-state index is 0.0613. The van der Waals surface area contributed by atoms with Crippen LogP contribution in [0, 0.1) is 34.0 Å². The Balaban J connectivity index is 1.98. The van der Waals surface area contributed by atoms with Gasteiger partial charge in [0.1, 0.15) is 23.9 Å². The summed E-state index contributed by atoms with van der Waals surface area (Å²) in [5.74, 6) is 0. The van der Waals surface area contributed by atoms with Gasteiger partial charge in [-0.05, 0) is 24.3 Å². The van der Waals surface area contributed by atoms with Gasteiger partial charge in [0, 0.05) is 27.8 Å². The number of nitrogens with zero attached hydrogens (tertiary/aromatic N) is 3. The molecule has 112 valence electrons. The predicted molar refractivity (Wildman–Crippen MR) is 91.2 cm³/mol. The molecule has 24 heavy (non-hydrogen) atoms. The third kappa shape index (κ3) is 2.81. The number of anilines is 1. The van der Waals surface area contributed by atoms with E-state index in [1.54, 1.807) is 18.2 Å². The number of aromatic nitrogens is 1. The topological polar surface area (TPSA) is 99.2 Å². The molecular formula is C19H11N5. The standard InChI is InChI=1S/C19H11N5/c20-10-15(11-21)19(12-22)23-16-6-3-5-13(8-16)18-9-14-4-1-2-7-17(14)24-18/h1-9,23-24H. The molecule has 5 nitrogen and oxygen atoms in total. The lowest BCUT2D eigenvalue weighted by molar-refractivity contribution is 1.37. The van der Waals surface area contributed by atoms with Crippen LogP contribution < -0.4 is 5.32 Å². The molecule has 0 spiro atoms. The lowest BCUT2D eigenvalue weighted by atomic mass is 10.1. The van der Waals surface area contributed by atoms with E-state index in [9.17, 15) is 0 Å². The number of benzene rings is 2. The first-order valence-electron chi connectivity index (χ1n) is 7.15. The van der Waals surface area contributed by atoms with Crippen LogP contribution in [-0.4, -0.2) is 4.98 Å². The summed E-state index contributed by atoms with van der Waals surface area (Å²) < 4.78 is 0. The summed E-state index contributed by atoms with van der Waals surface area (Å²) in [6, 6.07) is 22.7. The highest BCUT2D eigenvalue weighted by Crippen LogP contribution is 2.26. The molecule has 0 radical (unpaired) electrons. The minimum atomic E-state index is -0.242. The molecule has 1 aromatic heterocycles. The second-order valence-electron chi connectivity index (χ2n) is 5.06. The zero-order chi connectivity index (χ0) is 16.9. The van der Waals surface area contributed by atoms with Crippen molar-refractivity contribution in [1.82, 2.24) is 4.98 Å². The average molecular weight is 309 g/mol. The number of H-pyrrole nitrogens is 1. The van der Waals surface area contributed by atoms with Gasteiger partial charge < -0.3 is 10.3 Å². The van der Waals surface area contributed by atoms with E-state index in [-0.39, 0.29) is 11.3 Å². The van der Waals surface area contributed by atoms with E-state index >= 15 is 0 Å². The highest BCUT2D eigenvalue weighted by atomic mass is 14.9. The molecule has 0 aliphatic rings. The van der Waals surface area contributed by atoms with Gasteiger partial charge in [-0.2, -0.15) is 15.8 Å². The van der Waals surface area contributed by atoms with E-state index in [2.05, 4.69) is 10.3 Å². The van der Waals surface area contributed by atoms with Gasteiger partial charge in [0.25, 0.3) is 0 Å². The van der Waals surface area contributed by atoms with Gasteiger partial charge in [-0.1, -0.05) is 30.3 Å². The summed E-state index contributed by atoms with van der Waals surface area (Å²) in [6.07, 6.45) is 0. The SMILES string of the molecule is N#CC(C#N)=C(C#N)Nc1cccc(-c2cc3ccccc3[nH]2)c1. The van der Waals surface area contributed by atoms with Crippen LogP contribution in [0.2, 0.25) is 0 Å². The zero-order valence-electron chi connectivity index (χ0n) is 12.5. The lowest BCUT2D eigenvalue weighted by Gasteiger charge is -2.06. The number of hydrogen-bond acceptors (Lipinski definition) is 4. The van der Waals surface area contributed by atoms with Crippen LogP contribution in [0.15, 0.2) is 65.9 Å². The van der Waals surface area contributed by atoms with Crippen LogP contribution in [0.25, 0.3) is 22.2 Å². The maximum absolute atomic E-state index is 9.12. The number of rotatable bonds is 3. The van der Waals surface area contributed by atoms with Crippen LogP contribution >= 0.6 is 0 Å². The smallest absolute Gasteiger partial charge is 0.163 e. The van der Waals surface area contributed by atoms with Crippen LogP contribution in [0.1, 0.15) is 0 Å². The van der Waals surface area contributed by atoms with Gasteiger partial charge in [-0.25, -0.2) is 0 Å². The monoisotopic (exact) mass is 309 g/mol. The molecule has 5 heteroatoms. The summed E-state index contributed by atoms with van der Waals surface area (Å²) >= 11 is 0. The van der Waals surface area contributed by atoms with E-state index in [0.29, 0.717) is 5.69 Å². The molecule has 0 saturated carbocycles. The number of fused-ring (bicyclic) bond motifs is 1. The van der Waals surface area contributed by atoms with Crippen molar-refractivity contribution in [3.63, 3.8) is 0 Å². The van der Waals surface area contributed by atoms with E-state index in [0.717, 1.165) is 22.2 Å². The van der Waals surface area contributed by atoms with Crippen molar-refractivity contribution in [2.45, 2.75) is 0 Å². The molecule has 2 aromatic carbocycles. The van der Waals surface area contributed by atoms with Crippen molar-refractivity contribution in [3.05, 3.63) is 65.9 Å². The van der Waals surface area contributed by atoms with Gasteiger partial charge in [-0.15, -0.1) is 0 Å². The molecule has 2 N–H and O–H groups in total. The van der Waals surface area contributed by atoms with Gasteiger partial charge >= 0.3 is 0 Å². The van der Waals surface area contributed by atoms with Gasteiger partial charge in [0.05, 0.1) is 0 Å². The second-order valence-corrected chi connectivity index (χ2v) is 5.06. The maximum atomic E-state index is 9.12. The molecule has 3 aromatic rings. The lowest BCUT2D eigenvalue weighted by Crippen LogP contribution is -2.00. The Morgan fingerprint density at radius 3 is 2.38 bits per heavy atom. The highest BCUT2D eigenvalue weighted by Gasteiger charge is 2.08. The van der Waals surface area contributed by atoms with Gasteiger partial charge in [-0.3, -0.25) is 0 Å². The Hall–Kier alpha value is -4.01. The van der Waals surface area contributed by atoms with Crippen LogP contribution in [0.4, 0.5) is 5.69 Å². The fraction of sp³-hybridized carbons (Fsp3) is 0. The fourth-order valence-corrected chi connectivity index (χ4v) is 2.42. The molecule has 0 atom stereocenters. The van der Waals surface area contributed by atoms with E-state index in [1.807, 2.05) is 54.6 Å². The Morgan fingerprint density at radius 1 is 0.875 bits per heavy atom. The molecule has 0 amide bonds. The highest BCUT2D eigenvalue weighted by molar-refractivity contribution is 5.86. The van der Waals surface area contributed by atoms with Crippen LogP contribution in [0.3, 0.4) is 0 Å². The van der Waals surface area contributed by atoms with Crippen molar-refractivity contribution < 1.29 is 0 Å². The fourth-order valence-electron chi connectivity index (χ4n) is 2.42. The molecule has 3 rings (SSSR count). The quantitative estimate of drug-likeness (QED) is 0.712. The van der Waals surface area contributed by atoms with Gasteiger partial charge in [0.15, 0.2) is 5.57 Å². The number of para-hydroxylation sites is 1. The van der Waals surface area contributed by atoms with Crippen molar-refractivity contribution >= 4 is 16.6 Å². The van der Waals surface area contributed by atoms with Gasteiger partial charge in [0.2, 0.25) is 0 Å². The first-order chi connectivity index (χ1) is 11.7. The number of nitrogens with one attached hydrogen (secondary N) is 2. The average Bonchev–Trinajstić information content (AvgIpc) is 3.06.